The Hall–Kier alpha value is -1.39. The van der Waals surface area contributed by atoms with Crippen molar-refractivity contribution in [2.75, 3.05) is 5.73 Å². The smallest absolute Gasteiger partial charge is 0.206 e. The SMILES string of the molecule is Cc1nc(N)c(C(=O)c2ccc(Cl)cc2)s1. The van der Waals surface area contributed by atoms with Gasteiger partial charge in [-0.25, -0.2) is 4.98 Å². The van der Waals surface area contributed by atoms with E-state index in [4.69, 9.17) is 17.3 Å². The lowest BCUT2D eigenvalue weighted by atomic mass is 10.1. The topological polar surface area (TPSA) is 56.0 Å². The van der Waals surface area contributed by atoms with Crippen molar-refractivity contribution in [2.45, 2.75) is 6.92 Å². The Morgan fingerprint density at radius 3 is 2.50 bits per heavy atom. The first-order valence-corrected chi connectivity index (χ1v) is 5.80. The Bertz CT molecular complexity index is 533. The fourth-order valence-corrected chi connectivity index (χ4v) is 2.26. The van der Waals surface area contributed by atoms with Gasteiger partial charge < -0.3 is 5.73 Å². The molecule has 2 N–H and O–H groups in total. The van der Waals surface area contributed by atoms with Crippen LogP contribution in [-0.2, 0) is 0 Å². The summed E-state index contributed by atoms with van der Waals surface area (Å²) in [5.74, 6) is 0.183. The molecule has 2 aromatic rings. The van der Waals surface area contributed by atoms with E-state index >= 15 is 0 Å². The van der Waals surface area contributed by atoms with E-state index in [9.17, 15) is 4.79 Å². The molecule has 0 saturated carbocycles. The molecule has 1 aromatic heterocycles. The van der Waals surface area contributed by atoms with E-state index in [0.29, 0.717) is 21.3 Å². The molecule has 0 fully saturated rings. The van der Waals surface area contributed by atoms with Gasteiger partial charge in [-0.15, -0.1) is 11.3 Å². The molecule has 0 aliphatic heterocycles. The molecule has 0 atom stereocenters. The summed E-state index contributed by atoms with van der Waals surface area (Å²) in [6.07, 6.45) is 0. The second kappa shape index (κ2) is 4.23. The summed E-state index contributed by atoms with van der Waals surface area (Å²) in [6.45, 7) is 1.82. The van der Waals surface area contributed by atoms with Crippen LogP contribution in [0.3, 0.4) is 0 Å². The zero-order valence-corrected chi connectivity index (χ0v) is 10.1. The number of ketones is 1. The van der Waals surface area contributed by atoms with Crippen molar-refractivity contribution in [1.82, 2.24) is 4.98 Å². The number of nitrogens with zero attached hydrogens (tertiary/aromatic N) is 1. The Morgan fingerprint density at radius 1 is 1.38 bits per heavy atom. The summed E-state index contributed by atoms with van der Waals surface area (Å²) >= 11 is 7.05. The number of benzene rings is 1. The number of carbonyl (C=O) groups is 1. The first kappa shape index (κ1) is 11.1. The van der Waals surface area contributed by atoms with Gasteiger partial charge in [-0.1, -0.05) is 11.6 Å². The van der Waals surface area contributed by atoms with Crippen molar-refractivity contribution in [2.24, 2.45) is 0 Å². The van der Waals surface area contributed by atoms with Crippen LogP contribution in [0.15, 0.2) is 24.3 Å². The third kappa shape index (κ3) is 2.08. The van der Waals surface area contributed by atoms with Crippen molar-refractivity contribution in [3.8, 4) is 0 Å². The fourth-order valence-electron chi connectivity index (χ4n) is 1.34. The third-order valence-corrected chi connectivity index (χ3v) is 3.31. The van der Waals surface area contributed by atoms with Crippen molar-refractivity contribution >= 4 is 34.5 Å². The molecule has 0 spiro atoms. The Balaban J connectivity index is 2.39. The van der Waals surface area contributed by atoms with E-state index in [1.54, 1.807) is 24.3 Å². The van der Waals surface area contributed by atoms with E-state index in [1.807, 2.05) is 6.92 Å². The molecule has 1 heterocycles. The zero-order valence-electron chi connectivity index (χ0n) is 8.53. The summed E-state index contributed by atoms with van der Waals surface area (Å²) in [7, 11) is 0. The minimum atomic E-state index is -0.111. The largest absolute Gasteiger partial charge is 0.382 e. The van der Waals surface area contributed by atoms with E-state index in [1.165, 1.54) is 11.3 Å². The van der Waals surface area contributed by atoms with Crippen LogP contribution in [0, 0.1) is 6.92 Å². The summed E-state index contributed by atoms with van der Waals surface area (Å²) < 4.78 is 0. The fraction of sp³-hybridized carbons (Fsp3) is 0.0909. The monoisotopic (exact) mass is 252 g/mol. The van der Waals surface area contributed by atoms with Gasteiger partial charge in [0, 0.05) is 10.6 Å². The van der Waals surface area contributed by atoms with E-state index in [2.05, 4.69) is 4.98 Å². The normalized spacial score (nSPS) is 10.4. The number of halogens is 1. The van der Waals surface area contributed by atoms with Crippen molar-refractivity contribution in [1.29, 1.82) is 0 Å². The van der Waals surface area contributed by atoms with Gasteiger partial charge in [0.2, 0.25) is 5.78 Å². The average Bonchev–Trinajstić information content (AvgIpc) is 2.58. The number of hydrogen-bond donors (Lipinski definition) is 1. The number of nitrogens with two attached hydrogens (primary N) is 1. The predicted octanol–water partition coefficient (Wildman–Crippen LogP) is 2.92. The number of rotatable bonds is 2. The quantitative estimate of drug-likeness (QED) is 0.836. The highest BCUT2D eigenvalue weighted by molar-refractivity contribution is 7.14. The van der Waals surface area contributed by atoms with Gasteiger partial charge in [-0.05, 0) is 31.2 Å². The van der Waals surface area contributed by atoms with Crippen LogP contribution in [0.25, 0.3) is 0 Å². The van der Waals surface area contributed by atoms with Gasteiger partial charge in [-0.3, -0.25) is 4.79 Å². The van der Waals surface area contributed by atoms with Gasteiger partial charge in [0.15, 0.2) is 0 Å². The minimum absolute atomic E-state index is 0.111. The summed E-state index contributed by atoms with van der Waals surface area (Å²) in [5.41, 5.74) is 6.23. The average molecular weight is 253 g/mol. The molecule has 16 heavy (non-hydrogen) atoms. The number of carbonyl (C=O) groups excluding carboxylic acids is 1. The number of anilines is 1. The number of thiazole rings is 1. The van der Waals surface area contributed by atoms with Crippen molar-refractivity contribution < 1.29 is 4.79 Å². The molecule has 82 valence electrons. The van der Waals surface area contributed by atoms with Crippen LogP contribution in [0.1, 0.15) is 20.2 Å². The predicted molar refractivity (Wildman–Crippen MR) is 66.1 cm³/mol. The Morgan fingerprint density at radius 2 is 2.00 bits per heavy atom. The highest BCUT2D eigenvalue weighted by Crippen LogP contribution is 2.23. The number of aryl methyl sites for hydroxylation is 1. The van der Waals surface area contributed by atoms with Crippen LogP contribution in [0.4, 0.5) is 5.82 Å². The summed E-state index contributed by atoms with van der Waals surface area (Å²) in [6, 6.07) is 6.72. The molecule has 0 radical (unpaired) electrons. The lowest BCUT2D eigenvalue weighted by Crippen LogP contribution is -2.02. The molecule has 0 amide bonds. The van der Waals surface area contributed by atoms with Crippen molar-refractivity contribution in [3.05, 3.63) is 44.7 Å². The molecule has 0 aliphatic carbocycles. The van der Waals surface area contributed by atoms with Gasteiger partial charge in [-0.2, -0.15) is 0 Å². The second-order valence-corrected chi connectivity index (χ2v) is 4.92. The van der Waals surface area contributed by atoms with Crippen LogP contribution in [0.2, 0.25) is 5.02 Å². The maximum absolute atomic E-state index is 12.0. The van der Waals surface area contributed by atoms with Crippen LogP contribution >= 0.6 is 22.9 Å². The molecule has 1 aromatic carbocycles. The van der Waals surface area contributed by atoms with Crippen LogP contribution in [-0.4, -0.2) is 10.8 Å². The number of aromatic nitrogens is 1. The molecule has 0 bridgehead atoms. The van der Waals surface area contributed by atoms with Gasteiger partial charge >= 0.3 is 0 Å². The van der Waals surface area contributed by atoms with Gasteiger partial charge in [0.25, 0.3) is 0 Å². The number of nitrogen functional groups attached to an aromatic ring is 1. The Labute approximate surface area is 102 Å². The van der Waals surface area contributed by atoms with Gasteiger partial charge in [0.05, 0.1) is 5.01 Å². The minimum Gasteiger partial charge on any atom is -0.382 e. The first-order chi connectivity index (χ1) is 7.58. The number of hydrogen-bond acceptors (Lipinski definition) is 4. The first-order valence-electron chi connectivity index (χ1n) is 4.61. The van der Waals surface area contributed by atoms with Crippen LogP contribution < -0.4 is 5.73 Å². The summed E-state index contributed by atoms with van der Waals surface area (Å²) in [5, 5.41) is 1.39. The lowest BCUT2D eigenvalue weighted by molar-refractivity contribution is 0.104. The molecular formula is C11H9ClN2OS. The molecule has 0 aliphatic rings. The van der Waals surface area contributed by atoms with E-state index < -0.39 is 0 Å². The maximum Gasteiger partial charge on any atom is 0.206 e. The Kier molecular flexibility index (Phi) is 2.94. The molecule has 0 saturated heterocycles. The van der Waals surface area contributed by atoms with Crippen LogP contribution in [0.5, 0.6) is 0 Å². The second-order valence-electron chi connectivity index (χ2n) is 3.28. The highest BCUT2D eigenvalue weighted by atomic mass is 35.5. The molecule has 3 nitrogen and oxygen atoms in total. The van der Waals surface area contributed by atoms with E-state index in [-0.39, 0.29) is 5.78 Å². The van der Waals surface area contributed by atoms with Gasteiger partial charge in [0.1, 0.15) is 10.7 Å². The molecular weight excluding hydrogens is 244 g/mol. The maximum atomic E-state index is 12.0. The van der Waals surface area contributed by atoms with Crippen molar-refractivity contribution in [3.63, 3.8) is 0 Å². The molecule has 2 rings (SSSR count). The van der Waals surface area contributed by atoms with E-state index in [0.717, 1.165) is 5.01 Å². The standard InChI is InChI=1S/C11H9ClN2OS/c1-6-14-11(13)10(16-6)9(15)7-2-4-8(12)5-3-7/h2-5H,13H2,1H3. The summed E-state index contributed by atoms with van der Waals surface area (Å²) in [4.78, 5) is 16.5. The third-order valence-electron chi connectivity index (χ3n) is 2.07. The lowest BCUT2D eigenvalue weighted by Gasteiger charge is -1.98. The zero-order chi connectivity index (χ0) is 11.7. The highest BCUT2D eigenvalue weighted by Gasteiger charge is 2.16. The molecule has 5 heteroatoms. The molecule has 0 unspecified atom stereocenters.